The average Bonchev–Trinajstić information content (AvgIpc) is 3.26. The van der Waals surface area contributed by atoms with Crippen molar-refractivity contribution in [2.24, 2.45) is 5.92 Å². The van der Waals surface area contributed by atoms with Gasteiger partial charge >= 0.3 is 0 Å². The van der Waals surface area contributed by atoms with E-state index in [4.69, 9.17) is 4.98 Å². The molecular weight excluding hydrogens is 426 g/mol. The molecule has 1 aromatic heterocycles. The molecule has 0 radical (unpaired) electrons. The summed E-state index contributed by atoms with van der Waals surface area (Å²) in [6.07, 6.45) is 4.41. The van der Waals surface area contributed by atoms with E-state index in [0.29, 0.717) is 23.9 Å². The van der Waals surface area contributed by atoms with Crippen LogP contribution in [0.2, 0.25) is 0 Å². The summed E-state index contributed by atoms with van der Waals surface area (Å²) in [5.74, 6) is 1.57. The van der Waals surface area contributed by atoms with Crippen molar-refractivity contribution in [1.29, 1.82) is 0 Å². The molecule has 2 aliphatic rings. The van der Waals surface area contributed by atoms with Crippen LogP contribution in [0.4, 0.5) is 0 Å². The van der Waals surface area contributed by atoms with Gasteiger partial charge in [0.05, 0.1) is 15.9 Å². The lowest BCUT2D eigenvalue weighted by Crippen LogP contribution is -2.27. The zero-order valence-electron chi connectivity index (χ0n) is 18.2. The molecule has 0 bridgehead atoms. The van der Waals surface area contributed by atoms with Crippen LogP contribution in [0.15, 0.2) is 46.5 Å². The number of benzene rings is 2. The molecule has 0 unspecified atom stereocenters. The van der Waals surface area contributed by atoms with E-state index >= 15 is 0 Å². The summed E-state index contributed by atoms with van der Waals surface area (Å²) in [5, 5.41) is 0.982. The van der Waals surface area contributed by atoms with Crippen LogP contribution in [0.5, 0.6) is 0 Å². The first-order chi connectivity index (χ1) is 14.9. The minimum atomic E-state index is -3.43. The fourth-order valence-electron chi connectivity index (χ4n) is 4.21. The Morgan fingerprint density at radius 1 is 1.03 bits per heavy atom. The van der Waals surface area contributed by atoms with E-state index in [9.17, 15) is 8.42 Å². The Balaban J connectivity index is 1.47. The number of fused-ring (bicyclic) bond motifs is 1. The molecule has 0 amide bonds. The molecule has 1 saturated carbocycles. The smallest absolute Gasteiger partial charge is 0.243 e. The zero-order valence-corrected chi connectivity index (χ0v) is 19.8. The Morgan fingerprint density at radius 3 is 2.52 bits per heavy atom. The molecule has 2 aromatic carbocycles. The summed E-state index contributed by atoms with van der Waals surface area (Å²) in [7, 11) is -3.43. The highest BCUT2D eigenvalue weighted by molar-refractivity contribution is 7.98. The van der Waals surface area contributed by atoms with Crippen molar-refractivity contribution in [2.45, 2.75) is 61.9 Å². The number of nitrogens with zero attached hydrogens (tertiary/aromatic N) is 3. The van der Waals surface area contributed by atoms with E-state index in [1.807, 2.05) is 6.07 Å². The first-order valence-corrected chi connectivity index (χ1v) is 13.5. The van der Waals surface area contributed by atoms with Crippen molar-refractivity contribution in [2.75, 3.05) is 13.1 Å². The average molecular weight is 456 g/mol. The van der Waals surface area contributed by atoms with Crippen LogP contribution in [0.25, 0.3) is 11.0 Å². The van der Waals surface area contributed by atoms with Crippen LogP contribution in [-0.4, -0.2) is 35.4 Å². The molecule has 0 N–H and O–H groups in total. The van der Waals surface area contributed by atoms with E-state index < -0.39 is 10.0 Å². The van der Waals surface area contributed by atoms with Crippen molar-refractivity contribution < 1.29 is 8.42 Å². The van der Waals surface area contributed by atoms with Gasteiger partial charge in [0.1, 0.15) is 0 Å². The van der Waals surface area contributed by atoms with E-state index in [-0.39, 0.29) is 0 Å². The second-order valence-electron chi connectivity index (χ2n) is 8.92. The number of sulfonamides is 1. The maximum absolute atomic E-state index is 13.0. The molecule has 0 atom stereocenters. The normalized spacial score (nSPS) is 17.6. The lowest BCUT2D eigenvalue weighted by Gasteiger charge is -2.15. The summed E-state index contributed by atoms with van der Waals surface area (Å²) in [4.78, 5) is 5.26. The van der Waals surface area contributed by atoms with Gasteiger partial charge < -0.3 is 4.57 Å². The van der Waals surface area contributed by atoms with Crippen LogP contribution >= 0.6 is 11.8 Å². The highest BCUT2D eigenvalue weighted by atomic mass is 32.2. The third-order valence-corrected chi connectivity index (χ3v) is 9.41. The molecule has 164 valence electrons. The molecule has 2 fully saturated rings. The van der Waals surface area contributed by atoms with Gasteiger partial charge in [0.15, 0.2) is 5.16 Å². The fourth-order valence-corrected chi connectivity index (χ4v) is 6.72. The minimum absolute atomic E-state index is 0.365. The molecule has 1 aliphatic carbocycles. The van der Waals surface area contributed by atoms with E-state index in [2.05, 4.69) is 36.6 Å². The van der Waals surface area contributed by atoms with Crippen molar-refractivity contribution in [3.05, 3.63) is 53.1 Å². The number of rotatable bonds is 7. The van der Waals surface area contributed by atoms with Gasteiger partial charge in [0.25, 0.3) is 0 Å². The van der Waals surface area contributed by atoms with Crippen LogP contribution < -0.4 is 0 Å². The van der Waals surface area contributed by atoms with Crippen LogP contribution in [-0.2, 0) is 22.3 Å². The van der Waals surface area contributed by atoms with Gasteiger partial charge in [-0.2, -0.15) is 4.31 Å². The molecule has 5 rings (SSSR count). The monoisotopic (exact) mass is 455 g/mol. The van der Waals surface area contributed by atoms with Crippen LogP contribution in [0.3, 0.4) is 0 Å². The van der Waals surface area contributed by atoms with Gasteiger partial charge in [-0.25, -0.2) is 13.4 Å². The third kappa shape index (κ3) is 4.28. The van der Waals surface area contributed by atoms with Gasteiger partial charge in [-0.15, -0.1) is 0 Å². The summed E-state index contributed by atoms with van der Waals surface area (Å²) >= 11 is 1.74. The van der Waals surface area contributed by atoms with Crippen LogP contribution in [0.1, 0.15) is 42.4 Å². The predicted octanol–water partition coefficient (Wildman–Crippen LogP) is 5.14. The number of imidazole rings is 1. The quantitative estimate of drug-likeness (QED) is 0.463. The highest BCUT2D eigenvalue weighted by Gasteiger charge is 2.29. The maximum atomic E-state index is 13.0. The van der Waals surface area contributed by atoms with Gasteiger partial charge in [-0.1, -0.05) is 30.0 Å². The van der Waals surface area contributed by atoms with Crippen molar-refractivity contribution >= 4 is 32.8 Å². The first-order valence-electron chi connectivity index (χ1n) is 11.1. The summed E-state index contributed by atoms with van der Waals surface area (Å²) < 4.78 is 29.9. The Hall–Kier alpha value is -1.83. The van der Waals surface area contributed by atoms with Gasteiger partial charge in [0.2, 0.25) is 10.0 Å². The predicted molar refractivity (Wildman–Crippen MR) is 126 cm³/mol. The van der Waals surface area contributed by atoms with Gasteiger partial charge in [0, 0.05) is 25.4 Å². The maximum Gasteiger partial charge on any atom is 0.243 e. The van der Waals surface area contributed by atoms with Gasteiger partial charge in [-0.05, 0) is 80.3 Å². The fraction of sp³-hybridized carbons (Fsp3) is 0.458. The molecule has 5 nitrogen and oxygen atoms in total. The Morgan fingerprint density at radius 2 is 1.81 bits per heavy atom. The zero-order chi connectivity index (χ0) is 21.6. The van der Waals surface area contributed by atoms with Crippen molar-refractivity contribution in [3.63, 3.8) is 0 Å². The van der Waals surface area contributed by atoms with E-state index in [1.165, 1.54) is 29.5 Å². The molecule has 1 saturated heterocycles. The van der Waals surface area contributed by atoms with E-state index in [1.54, 1.807) is 28.2 Å². The summed E-state index contributed by atoms with van der Waals surface area (Å²) in [5.41, 5.74) is 5.72. The SMILES string of the molecule is Cc1ccc(CSc2nc3cc(S(=O)(=O)N4CCCC4)ccc3n2CC2CC2)cc1C. The molecule has 0 spiro atoms. The topological polar surface area (TPSA) is 55.2 Å². The van der Waals surface area contributed by atoms with E-state index in [0.717, 1.165) is 41.3 Å². The number of hydrogen-bond acceptors (Lipinski definition) is 4. The van der Waals surface area contributed by atoms with Crippen molar-refractivity contribution in [3.8, 4) is 0 Å². The van der Waals surface area contributed by atoms with Crippen LogP contribution in [0, 0.1) is 19.8 Å². The summed E-state index contributed by atoms with van der Waals surface area (Å²) in [6, 6.07) is 12.1. The number of aryl methyl sites for hydroxylation is 2. The minimum Gasteiger partial charge on any atom is -0.319 e. The second-order valence-corrected chi connectivity index (χ2v) is 11.8. The summed E-state index contributed by atoms with van der Waals surface area (Å²) in [6.45, 7) is 6.48. The molecule has 3 aromatic rings. The molecule has 1 aliphatic heterocycles. The second kappa shape index (κ2) is 8.26. The Bertz CT molecular complexity index is 1220. The lowest BCUT2D eigenvalue weighted by atomic mass is 10.1. The first kappa shape index (κ1) is 21.0. The largest absolute Gasteiger partial charge is 0.319 e. The Labute approximate surface area is 188 Å². The Kier molecular flexibility index (Phi) is 5.61. The third-order valence-electron chi connectivity index (χ3n) is 6.46. The van der Waals surface area contributed by atoms with Crippen molar-refractivity contribution in [1.82, 2.24) is 13.9 Å². The molecule has 2 heterocycles. The van der Waals surface area contributed by atoms with Gasteiger partial charge in [-0.3, -0.25) is 0 Å². The lowest BCUT2D eigenvalue weighted by molar-refractivity contribution is 0.477. The molecule has 31 heavy (non-hydrogen) atoms. The number of thioether (sulfide) groups is 1. The highest BCUT2D eigenvalue weighted by Crippen LogP contribution is 2.36. The molecular formula is C24H29N3O2S2. The number of hydrogen-bond donors (Lipinski definition) is 0. The molecule has 7 heteroatoms. The standard InChI is InChI=1S/C24H29N3O2S2/c1-17-5-6-20(13-18(17)2)16-30-24-25-22-14-21(31(28,29)26-11-3-4-12-26)9-10-23(22)27(24)15-19-7-8-19/h5-6,9-10,13-14,19H,3-4,7-8,11-12,15-16H2,1-2H3. The number of aromatic nitrogens is 2.